The molecule has 1 fully saturated rings. The predicted octanol–water partition coefficient (Wildman–Crippen LogP) is 2.69. The smallest absolute Gasteiger partial charge is 0.307 e. The molecule has 0 radical (unpaired) electrons. The fraction of sp³-hybridized carbons (Fsp3) is 0.611. The number of piperidine rings is 1. The number of carboxylic acids is 1. The Balaban J connectivity index is 1.82. The van der Waals surface area contributed by atoms with Gasteiger partial charge in [-0.15, -0.1) is 0 Å². The van der Waals surface area contributed by atoms with Gasteiger partial charge in [0.05, 0.1) is 18.1 Å². The molecule has 1 aromatic rings. The SMILES string of the molecule is CC(C)Oc1ccc(C(O)CCN2CCCC(C(=O)O)C2)cc1. The first-order chi connectivity index (χ1) is 11.0. The molecule has 2 atom stereocenters. The van der Waals surface area contributed by atoms with Gasteiger partial charge in [0.15, 0.2) is 0 Å². The van der Waals surface area contributed by atoms with E-state index in [4.69, 9.17) is 9.84 Å². The summed E-state index contributed by atoms with van der Waals surface area (Å²) in [4.78, 5) is 13.2. The van der Waals surface area contributed by atoms with Crippen molar-refractivity contribution < 1.29 is 19.7 Å². The zero-order valence-corrected chi connectivity index (χ0v) is 13.9. The lowest BCUT2D eigenvalue weighted by atomic mass is 9.97. The number of aliphatic hydroxyl groups excluding tert-OH is 1. The molecule has 128 valence electrons. The molecule has 2 N–H and O–H groups in total. The monoisotopic (exact) mass is 321 g/mol. The van der Waals surface area contributed by atoms with Crippen molar-refractivity contribution in [3.8, 4) is 5.75 Å². The van der Waals surface area contributed by atoms with E-state index in [0.29, 0.717) is 13.0 Å². The standard InChI is InChI=1S/C18H27NO4/c1-13(2)23-16-7-5-14(6-8-16)17(20)9-11-19-10-3-4-15(12-19)18(21)22/h5-8,13,15,17,20H,3-4,9-12H2,1-2H3,(H,21,22). The molecule has 0 spiro atoms. The number of hydrogen-bond acceptors (Lipinski definition) is 4. The predicted molar refractivity (Wildman–Crippen MR) is 88.6 cm³/mol. The third-order valence-corrected chi connectivity index (χ3v) is 4.21. The maximum Gasteiger partial charge on any atom is 0.307 e. The molecule has 2 unspecified atom stereocenters. The molecule has 0 amide bonds. The summed E-state index contributed by atoms with van der Waals surface area (Å²) < 4.78 is 5.59. The Morgan fingerprint density at radius 1 is 1.35 bits per heavy atom. The Morgan fingerprint density at radius 2 is 2.04 bits per heavy atom. The van der Waals surface area contributed by atoms with Crippen molar-refractivity contribution in [3.05, 3.63) is 29.8 Å². The Kier molecular flexibility index (Phi) is 6.42. The van der Waals surface area contributed by atoms with E-state index < -0.39 is 12.1 Å². The Hall–Kier alpha value is -1.59. The second-order valence-electron chi connectivity index (χ2n) is 6.52. The number of nitrogens with zero attached hydrogens (tertiary/aromatic N) is 1. The lowest BCUT2D eigenvalue weighted by molar-refractivity contribution is -0.143. The van der Waals surface area contributed by atoms with Gasteiger partial charge in [-0.1, -0.05) is 12.1 Å². The number of carboxylic acid groups (broad SMARTS) is 1. The van der Waals surface area contributed by atoms with E-state index in [1.165, 1.54) is 0 Å². The molecule has 0 bridgehead atoms. The molecular formula is C18H27NO4. The highest BCUT2D eigenvalue weighted by atomic mass is 16.5. The molecule has 1 heterocycles. The summed E-state index contributed by atoms with van der Waals surface area (Å²) in [6.07, 6.45) is 1.87. The summed E-state index contributed by atoms with van der Waals surface area (Å²) in [5, 5.41) is 19.4. The van der Waals surface area contributed by atoms with E-state index in [0.717, 1.165) is 37.2 Å². The van der Waals surface area contributed by atoms with Crippen LogP contribution in [0.4, 0.5) is 0 Å². The van der Waals surface area contributed by atoms with Crippen LogP contribution in [-0.2, 0) is 4.79 Å². The summed E-state index contributed by atoms with van der Waals surface area (Å²) in [5.41, 5.74) is 0.868. The Bertz CT molecular complexity index is 500. The first-order valence-electron chi connectivity index (χ1n) is 8.35. The molecule has 1 aliphatic heterocycles. The fourth-order valence-electron chi connectivity index (χ4n) is 2.97. The van der Waals surface area contributed by atoms with Crippen molar-refractivity contribution in [2.24, 2.45) is 5.92 Å². The van der Waals surface area contributed by atoms with Crippen LogP contribution in [0.3, 0.4) is 0 Å². The average molecular weight is 321 g/mol. The van der Waals surface area contributed by atoms with Crippen LogP contribution in [0, 0.1) is 5.92 Å². The summed E-state index contributed by atoms with van der Waals surface area (Å²) >= 11 is 0. The molecule has 5 heteroatoms. The van der Waals surface area contributed by atoms with Crippen LogP contribution < -0.4 is 4.74 Å². The highest BCUT2D eigenvalue weighted by molar-refractivity contribution is 5.70. The van der Waals surface area contributed by atoms with Crippen LogP contribution in [0.25, 0.3) is 0 Å². The average Bonchev–Trinajstić information content (AvgIpc) is 2.53. The summed E-state index contributed by atoms with van der Waals surface area (Å²) in [6, 6.07) is 7.52. The van der Waals surface area contributed by atoms with Crippen molar-refractivity contribution in [2.45, 2.75) is 45.3 Å². The van der Waals surface area contributed by atoms with Gasteiger partial charge < -0.3 is 19.8 Å². The first-order valence-corrected chi connectivity index (χ1v) is 8.35. The minimum absolute atomic E-state index is 0.132. The van der Waals surface area contributed by atoms with E-state index in [9.17, 15) is 9.90 Å². The van der Waals surface area contributed by atoms with Crippen molar-refractivity contribution in [1.82, 2.24) is 4.90 Å². The lowest BCUT2D eigenvalue weighted by Crippen LogP contribution is -2.39. The normalized spacial score (nSPS) is 20.4. The molecule has 2 rings (SSSR count). The van der Waals surface area contributed by atoms with Crippen LogP contribution >= 0.6 is 0 Å². The summed E-state index contributed by atoms with van der Waals surface area (Å²) in [5.74, 6) is -0.180. The second-order valence-corrected chi connectivity index (χ2v) is 6.52. The highest BCUT2D eigenvalue weighted by Gasteiger charge is 2.25. The highest BCUT2D eigenvalue weighted by Crippen LogP contribution is 2.23. The zero-order valence-electron chi connectivity index (χ0n) is 13.9. The molecule has 0 aromatic heterocycles. The number of benzene rings is 1. The van der Waals surface area contributed by atoms with Gasteiger partial charge in [-0.25, -0.2) is 0 Å². The van der Waals surface area contributed by atoms with Gasteiger partial charge in [-0.05, 0) is 57.4 Å². The molecule has 23 heavy (non-hydrogen) atoms. The summed E-state index contributed by atoms with van der Waals surface area (Å²) in [6.45, 7) is 6.17. The maximum absolute atomic E-state index is 11.1. The van der Waals surface area contributed by atoms with E-state index in [2.05, 4.69) is 4.90 Å². The fourth-order valence-corrected chi connectivity index (χ4v) is 2.97. The third kappa shape index (κ3) is 5.52. The zero-order chi connectivity index (χ0) is 16.8. The van der Waals surface area contributed by atoms with Crippen LogP contribution in [-0.4, -0.2) is 46.8 Å². The molecule has 0 saturated carbocycles. The van der Waals surface area contributed by atoms with Crippen molar-refractivity contribution in [1.29, 1.82) is 0 Å². The minimum Gasteiger partial charge on any atom is -0.491 e. The van der Waals surface area contributed by atoms with Crippen LogP contribution in [0.15, 0.2) is 24.3 Å². The molecule has 1 aromatic carbocycles. The van der Waals surface area contributed by atoms with Gasteiger partial charge in [0.2, 0.25) is 0 Å². The topological polar surface area (TPSA) is 70.0 Å². The molecule has 1 saturated heterocycles. The van der Waals surface area contributed by atoms with Crippen molar-refractivity contribution >= 4 is 5.97 Å². The molecule has 0 aliphatic carbocycles. The molecule has 1 aliphatic rings. The maximum atomic E-state index is 11.1. The van der Waals surface area contributed by atoms with E-state index in [1.807, 2.05) is 38.1 Å². The Labute approximate surface area is 137 Å². The van der Waals surface area contributed by atoms with Crippen molar-refractivity contribution in [3.63, 3.8) is 0 Å². The molecule has 5 nitrogen and oxygen atoms in total. The number of ether oxygens (including phenoxy) is 1. The minimum atomic E-state index is -0.712. The first kappa shape index (κ1) is 17.8. The number of carbonyl (C=O) groups is 1. The number of rotatable bonds is 7. The van der Waals surface area contributed by atoms with Gasteiger partial charge in [0.1, 0.15) is 5.75 Å². The van der Waals surface area contributed by atoms with E-state index in [-0.39, 0.29) is 12.0 Å². The number of aliphatic carboxylic acids is 1. The Morgan fingerprint density at radius 3 is 2.65 bits per heavy atom. The molecular weight excluding hydrogens is 294 g/mol. The van der Waals surface area contributed by atoms with E-state index >= 15 is 0 Å². The van der Waals surface area contributed by atoms with Crippen LogP contribution in [0.5, 0.6) is 5.75 Å². The van der Waals surface area contributed by atoms with Gasteiger partial charge >= 0.3 is 5.97 Å². The van der Waals surface area contributed by atoms with Gasteiger partial charge in [0, 0.05) is 13.1 Å². The van der Waals surface area contributed by atoms with E-state index in [1.54, 1.807) is 0 Å². The lowest BCUT2D eigenvalue weighted by Gasteiger charge is -2.31. The number of hydrogen-bond donors (Lipinski definition) is 2. The number of aliphatic hydroxyl groups is 1. The second kappa shape index (κ2) is 8.31. The van der Waals surface area contributed by atoms with Gasteiger partial charge in [-0.3, -0.25) is 4.79 Å². The van der Waals surface area contributed by atoms with Crippen molar-refractivity contribution in [2.75, 3.05) is 19.6 Å². The largest absolute Gasteiger partial charge is 0.491 e. The van der Waals surface area contributed by atoms with Gasteiger partial charge in [-0.2, -0.15) is 0 Å². The van der Waals surface area contributed by atoms with Crippen LogP contribution in [0.2, 0.25) is 0 Å². The van der Waals surface area contributed by atoms with Crippen LogP contribution in [0.1, 0.15) is 44.8 Å². The quantitative estimate of drug-likeness (QED) is 0.808. The number of likely N-dealkylation sites (tertiary alicyclic amines) is 1. The summed E-state index contributed by atoms with van der Waals surface area (Å²) in [7, 11) is 0. The van der Waals surface area contributed by atoms with Gasteiger partial charge in [0.25, 0.3) is 0 Å². The third-order valence-electron chi connectivity index (χ3n) is 4.21.